The number of ketones is 1. The van der Waals surface area contributed by atoms with E-state index in [0.717, 1.165) is 0 Å². The molecule has 1 aromatic rings. The third-order valence-corrected chi connectivity index (χ3v) is 5.13. The first-order valence-corrected chi connectivity index (χ1v) is 7.88. The van der Waals surface area contributed by atoms with Gasteiger partial charge in [-0.2, -0.15) is 43.9 Å². The molecular weight excluding hydrogens is 490 g/mol. The van der Waals surface area contributed by atoms with E-state index >= 15 is 0 Å². The lowest BCUT2D eigenvalue weighted by atomic mass is 9.71. The number of rotatable bonds is 2. The first kappa shape index (κ1) is 24.1. The molecule has 16 heteroatoms. The summed E-state index contributed by atoms with van der Waals surface area (Å²) >= 11 is 0. The van der Waals surface area contributed by atoms with Crippen LogP contribution in [0.15, 0.2) is 5.57 Å². The van der Waals surface area contributed by atoms with Crippen molar-refractivity contribution in [2.45, 2.75) is 36.0 Å². The number of carbonyl (C=O) groups is 1. The van der Waals surface area contributed by atoms with Gasteiger partial charge in [0.25, 0.3) is 0 Å². The van der Waals surface area contributed by atoms with Crippen LogP contribution in [0.1, 0.15) is 11.1 Å². The molecule has 0 N–H and O–H groups in total. The Labute approximate surface area is 166 Å². The molecule has 2 aliphatic rings. The summed E-state index contributed by atoms with van der Waals surface area (Å²) in [6.45, 7) is 0. The molecule has 0 unspecified atom stereocenters. The number of hydrogen-bond donors (Lipinski definition) is 0. The third kappa shape index (κ3) is 2.40. The van der Waals surface area contributed by atoms with Crippen molar-refractivity contribution >= 4 is 11.5 Å². The van der Waals surface area contributed by atoms with Crippen LogP contribution in [-0.4, -0.2) is 35.4 Å². The van der Waals surface area contributed by atoms with Crippen molar-refractivity contribution in [2.24, 2.45) is 5.92 Å². The smallest absolute Gasteiger partial charge is 0.384 e. The maximum absolute atomic E-state index is 14.0. The van der Waals surface area contributed by atoms with Crippen molar-refractivity contribution in [3.8, 4) is 0 Å². The van der Waals surface area contributed by atoms with Gasteiger partial charge in [0.1, 0.15) is 0 Å². The maximum Gasteiger partial charge on any atom is 0.384 e. The van der Waals surface area contributed by atoms with Crippen molar-refractivity contribution in [3.05, 3.63) is 40.0 Å². The largest absolute Gasteiger partial charge is 0.872 e. The summed E-state index contributed by atoms with van der Waals surface area (Å²) in [7, 11) is 0. The standard InChI is InChI=1S/C16H4F14O2/c17-5-2-1-3(9(31)4(2)6(18)8(20)7(5)19)10(32)11-12(21,22)14(25,26)16(29,30)15(27,28)13(11,23)24/h11,31H,1H2/p-1. The highest BCUT2D eigenvalue weighted by molar-refractivity contribution is 6.06. The first-order valence-electron chi connectivity index (χ1n) is 7.88. The molecule has 0 heterocycles. The van der Waals surface area contributed by atoms with Crippen LogP contribution in [0.25, 0.3) is 5.76 Å². The first-order chi connectivity index (χ1) is 14.2. The molecule has 0 bridgehead atoms. The van der Waals surface area contributed by atoms with E-state index in [2.05, 4.69) is 0 Å². The normalized spacial score (nSPS) is 25.1. The predicted molar refractivity (Wildman–Crippen MR) is 70.1 cm³/mol. The Bertz CT molecular complexity index is 1040. The van der Waals surface area contributed by atoms with Crippen LogP contribution in [0, 0.1) is 29.2 Å². The van der Waals surface area contributed by atoms with Gasteiger partial charge in [-0.1, -0.05) is 5.76 Å². The highest BCUT2D eigenvalue weighted by Gasteiger charge is 2.96. The van der Waals surface area contributed by atoms with Crippen molar-refractivity contribution in [1.82, 2.24) is 0 Å². The molecule has 3 rings (SSSR count). The van der Waals surface area contributed by atoms with E-state index in [1.807, 2.05) is 0 Å². The molecule has 0 saturated heterocycles. The Morgan fingerprint density at radius 3 is 1.53 bits per heavy atom. The van der Waals surface area contributed by atoms with Gasteiger partial charge in [-0.25, -0.2) is 17.6 Å². The van der Waals surface area contributed by atoms with E-state index in [4.69, 9.17) is 0 Å². The zero-order valence-electron chi connectivity index (χ0n) is 14.4. The average molecular weight is 493 g/mol. The second-order valence-corrected chi connectivity index (χ2v) is 6.86. The van der Waals surface area contributed by atoms with Crippen LogP contribution >= 0.6 is 0 Å². The molecule has 0 atom stereocenters. The number of fused-ring (bicyclic) bond motifs is 1. The third-order valence-electron chi connectivity index (χ3n) is 5.13. The molecule has 0 spiro atoms. The number of Topliss-reactive ketones (excluding diaryl/α,β-unsaturated/α-hetero) is 1. The molecule has 178 valence electrons. The number of carbonyl (C=O) groups excluding carboxylic acids is 1. The molecule has 0 amide bonds. The molecule has 2 aliphatic carbocycles. The lowest BCUT2D eigenvalue weighted by Gasteiger charge is -2.49. The van der Waals surface area contributed by atoms with E-state index in [0.29, 0.717) is 0 Å². The van der Waals surface area contributed by atoms with Gasteiger partial charge in [-0.15, -0.1) is 0 Å². The summed E-state index contributed by atoms with van der Waals surface area (Å²) in [6.07, 6.45) is -1.89. The Morgan fingerprint density at radius 2 is 1.09 bits per heavy atom. The summed E-state index contributed by atoms with van der Waals surface area (Å²) in [5, 5.41) is 12.0. The van der Waals surface area contributed by atoms with Gasteiger partial charge in [0.15, 0.2) is 35.0 Å². The maximum atomic E-state index is 14.0. The number of alkyl halides is 10. The summed E-state index contributed by atoms with van der Waals surface area (Å²) < 4.78 is 190. The monoisotopic (exact) mass is 493 g/mol. The van der Waals surface area contributed by atoms with Gasteiger partial charge in [-0.05, 0) is 5.57 Å². The molecule has 0 aliphatic heterocycles. The summed E-state index contributed by atoms with van der Waals surface area (Å²) in [6, 6.07) is 0. The highest BCUT2D eigenvalue weighted by atomic mass is 19.4. The van der Waals surface area contributed by atoms with Crippen LogP contribution in [0.4, 0.5) is 61.5 Å². The SMILES string of the molecule is O=C(C1=C([O-])c2c(F)c(F)c(F)c(F)c2C1)C1C(F)(F)C(F)(F)C(F)(F)C(F)(F)C1(F)F. The van der Waals surface area contributed by atoms with Crippen LogP contribution in [-0.2, 0) is 11.2 Å². The van der Waals surface area contributed by atoms with Gasteiger partial charge in [0.2, 0.25) is 0 Å². The molecule has 1 aromatic carbocycles. The molecule has 1 fully saturated rings. The lowest BCUT2D eigenvalue weighted by molar-refractivity contribution is -0.456. The minimum absolute atomic E-state index is 1.60. The minimum Gasteiger partial charge on any atom is -0.872 e. The van der Waals surface area contributed by atoms with Gasteiger partial charge in [0, 0.05) is 17.5 Å². The molecule has 0 aromatic heterocycles. The zero-order chi connectivity index (χ0) is 25.0. The van der Waals surface area contributed by atoms with Crippen LogP contribution in [0.3, 0.4) is 0 Å². The fourth-order valence-corrected chi connectivity index (χ4v) is 3.40. The van der Waals surface area contributed by atoms with Crippen LogP contribution in [0.2, 0.25) is 0 Å². The highest BCUT2D eigenvalue weighted by Crippen LogP contribution is 2.67. The van der Waals surface area contributed by atoms with Gasteiger partial charge >= 0.3 is 29.6 Å². The van der Waals surface area contributed by atoms with E-state index in [-0.39, 0.29) is 0 Å². The number of halogens is 14. The fraction of sp³-hybridized carbons (Fsp3) is 0.438. The lowest BCUT2D eigenvalue weighted by Crippen LogP contribution is -2.78. The molecule has 1 saturated carbocycles. The fourth-order valence-electron chi connectivity index (χ4n) is 3.40. The van der Waals surface area contributed by atoms with E-state index in [1.54, 1.807) is 0 Å². The summed E-state index contributed by atoms with van der Waals surface area (Å²) in [4.78, 5) is 12.1. The van der Waals surface area contributed by atoms with Gasteiger partial charge in [-0.3, -0.25) is 4.79 Å². The average Bonchev–Trinajstić information content (AvgIpc) is 3.00. The molecule has 32 heavy (non-hydrogen) atoms. The Hall–Kier alpha value is -2.55. The predicted octanol–water partition coefficient (Wildman–Crippen LogP) is 4.25. The number of allylic oxidation sites excluding steroid dienone is 1. The van der Waals surface area contributed by atoms with E-state index < -0.39 is 93.5 Å². The van der Waals surface area contributed by atoms with Crippen LogP contribution in [0.5, 0.6) is 0 Å². The van der Waals surface area contributed by atoms with Crippen LogP contribution < -0.4 is 5.11 Å². The van der Waals surface area contributed by atoms with Crippen molar-refractivity contribution in [1.29, 1.82) is 0 Å². The van der Waals surface area contributed by atoms with E-state index in [1.165, 1.54) is 0 Å². The van der Waals surface area contributed by atoms with Gasteiger partial charge < -0.3 is 5.11 Å². The Morgan fingerprint density at radius 1 is 0.688 bits per heavy atom. The summed E-state index contributed by atoms with van der Waals surface area (Å²) in [5.74, 6) is -57.0. The second kappa shape index (κ2) is 6.27. The van der Waals surface area contributed by atoms with Crippen molar-refractivity contribution in [3.63, 3.8) is 0 Å². The van der Waals surface area contributed by atoms with Crippen molar-refractivity contribution < 1.29 is 71.4 Å². The molecular formula is C16H3F14O2-. The number of hydrogen-bond acceptors (Lipinski definition) is 2. The Kier molecular flexibility index (Phi) is 4.73. The summed E-state index contributed by atoms with van der Waals surface area (Å²) in [5.41, 5.74) is -5.65. The zero-order valence-corrected chi connectivity index (χ0v) is 14.4. The number of benzene rings is 1. The minimum atomic E-state index is -7.39. The van der Waals surface area contributed by atoms with Gasteiger partial charge in [0.05, 0.1) is 0 Å². The second-order valence-electron chi connectivity index (χ2n) is 6.86. The van der Waals surface area contributed by atoms with Crippen molar-refractivity contribution in [2.75, 3.05) is 0 Å². The topological polar surface area (TPSA) is 40.1 Å². The molecule has 2 nitrogen and oxygen atoms in total. The Balaban J connectivity index is 2.24. The quantitative estimate of drug-likeness (QED) is 0.352. The molecule has 0 radical (unpaired) electrons. The van der Waals surface area contributed by atoms with E-state index in [9.17, 15) is 71.4 Å².